The third kappa shape index (κ3) is 1.36. The lowest BCUT2D eigenvalue weighted by molar-refractivity contribution is -0.116. The minimum atomic E-state index is -0.905. The van der Waals surface area contributed by atoms with Gasteiger partial charge in [-0.2, -0.15) is 0 Å². The molecule has 14 heavy (non-hydrogen) atoms. The lowest BCUT2D eigenvalue weighted by Crippen LogP contribution is -2.38. The van der Waals surface area contributed by atoms with Crippen LogP contribution < -0.4 is 4.90 Å². The monoisotopic (exact) mass is 193 g/mol. The third-order valence-corrected chi connectivity index (χ3v) is 2.17. The number of aromatic nitrogens is 1. The fourth-order valence-corrected chi connectivity index (χ4v) is 1.44. The largest absolute Gasteiger partial charge is 0.360 e. The van der Waals surface area contributed by atoms with Crippen molar-refractivity contribution in [2.75, 3.05) is 18.5 Å². The molecular formula is C9H11N3O2. The molecule has 1 amide bonds. The molecule has 0 saturated carbocycles. The number of aliphatic hydroxyl groups is 1. The van der Waals surface area contributed by atoms with E-state index in [9.17, 15) is 9.90 Å². The van der Waals surface area contributed by atoms with Crippen molar-refractivity contribution in [3.8, 4) is 0 Å². The number of nitrogens with zero attached hydrogens (tertiary/aromatic N) is 3. The molecule has 0 bridgehead atoms. The first-order chi connectivity index (χ1) is 6.70. The Kier molecular flexibility index (Phi) is 2.18. The van der Waals surface area contributed by atoms with Crippen LogP contribution in [0.25, 0.3) is 0 Å². The number of hydrogen-bond acceptors (Lipinski definition) is 4. The summed E-state index contributed by atoms with van der Waals surface area (Å²) in [5, 5.41) is 9.67. The molecule has 1 fully saturated rings. The van der Waals surface area contributed by atoms with Crippen LogP contribution in [0.1, 0.15) is 0 Å². The van der Waals surface area contributed by atoms with E-state index in [1.54, 1.807) is 36.3 Å². The molecule has 1 atom stereocenters. The molecule has 2 rings (SSSR count). The van der Waals surface area contributed by atoms with E-state index in [2.05, 4.69) is 4.98 Å². The number of anilines is 1. The smallest absolute Gasteiger partial charge is 0.245 e. The average Bonchev–Trinajstić information content (AvgIpc) is 2.43. The number of pyridine rings is 1. The summed E-state index contributed by atoms with van der Waals surface area (Å²) in [5.74, 6) is 0.341. The molecule has 5 nitrogen and oxygen atoms in total. The van der Waals surface area contributed by atoms with Gasteiger partial charge in [-0.3, -0.25) is 14.6 Å². The summed E-state index contributed by atoms with van der Waals surface area (Å²) in [6, 6.07) is 5.24. The van der Waals surface area contributed by atoms with Crippen LogP contribution in [0.5, 0.6) is 0 Å². The zero-order valence-electron chi connectivity index (χ0n) is 7.79. The number of carbonyl (C=O) groups is 1. The number of rotatable bonds is 1. The molecule has 0 radical (unpaired) electrons. The molecular weight excluding hydrogens is 182 g/mol. The maximum Gasteiger partial charge on any atom is 0.245 e. The van der Waals surface area contributed by atoms with Crippen LogP contribution in [0.2, 0.25) is 0 Å². The average molecular weight is 193 g/mol. The molecule has 5 heteroatoms. The molecule has 1 N–H and O–H groups in total. The maximum absolute atomic E-state index is 11.5. The molecule has 1 aromatic heterocycles. The number of carbonyl (C=O) groups excluding carboxylic acids is 1. The van der Waals surface area contributed by atoms with Crippen molar-refractivity contribution in [3.63, 3.8) is 0 Å². The predicted octanol–water partition coefficient (Wildman–Crippen LogP) is -0.364. The van der Waals surface area contributed by atoms with E-state index >= 15 is 0 Å². The molecule has 1 aromatic rings. The second kappa shape index (κ2) is 3.36. The highest BCUT2D eigenvalue weighted by Crippen LogP contribution is 2.19. The third-order valence-electron chi connectivity index (χ3n) is 2.17. The number of aliphatic hydroxyl groups excluding tert-OH is 1. The Morgan fingerprint density at radius 3 is 2.86 bits per heavy atom. The van der Waals surface area contributed by atoms with Crippen molar-refractivity contribution in [1.82, 2.24) is 9.88 Å². The van der Waals surface area contributed by atoms with Gasteiger partial charge in [-0.05, 0) is 19.2 Å². The van der Waals surface area contributed by atoms with Crippen molar-refractivity contribution in [3.05, 3.63) is 24.4 Å². The molecule has 0 spiro atoms. The Hall–Kier alpha value is -1.46. The summed E-state index contributed by atoms with van der Waals surface area (Å²) in [6.07, 6.45) is 0.686. The van der Waals surface area contributed by atoms with E-state index in [-0.39, 0.29) is 12.5 Å². The van der Waals surface area contributed by atoms with Gasteiger partial charge in [0.25, 0.3) is 0 Å². The van der Waals surface area contributed by atoms with E-state index in [0.29, 0.717) is 5.82 Å². The zero-order valence-corrected chi connectivity index (χ0v) is 7.79. The Balaban J connectivity index is 2.31. The SMILES string of the molecule is CN1CC(=O)N(c2ccccn2)C1O. The first kappa shape index (κ1) is 9.11. The Morgan fingerprint density at radius 1 is 1.57 bits per heavy atom. The van der Waals surface area contributed by atoms with Crippen molar-refractivity contribution >= 4 is 11.7 Å². The molecule has 1 aliphatic heterocycles. The lowest BCUT2D eigenvalue weighted by Gasteiger charge is -2.21. The van der Waals surface area contributed by atoms with Crippen molar-refractivity contribution in [1.29, 1.82) is 0 Å². The van der Waals surface area contributed by atoms with Gasteiger partial charge in [-0.1, -0.05) is 6.07 Å². The molecule has 0 aliphatic carbocycles. The Bertz CT molecular complexity index is 341. The molecule has 1 unspecified atom stereocenters. The zero-order chi connectivity index (χ0) is 10.1. The maximum atomic E-state index is 11.5. The van der Waals surface area contributed by atoms with Gasteiger partial charge in [0.2, 0.25) is 5.91 Å². The molecule has 2 heterocycles. The van der Waals surface area contributed by atoms with Gasteiger partial charge in [0, 0.05) is 6.20 Å². The van der Waals surface area contributed by atoms with Gasteiger partial charge in [-0.25, -0.2) is 4.98 Å². The lowest BCUT2D eigenvalue weighted by atomic mass is 10.4. The summed E-state index contributed by atoms with van der Waals surface area (Å²) in [6.45, 7) is 0.220. The van der Waals surface area contributed by atoms with Crippen LogP contribution in [-0.2, 0) is 4.79 Å². The summed E-state index contributed by atoms with van der Waals surface area (Å²) in [5.41, 5.74) is 0. The number of hydrogen-bond donors (Lipinski definition) is 1. The van der Waals surface area contributed by atoms with E-state index < -0.39 is 6.35 Å². The Morgan fingerprint density at radius 2 is 2.36 bits per heavy atom. The second-order valence-corrected chi connectivity index (χ2v) is 3.21. The predicted molar refractivity (Wildman–Crippen MR) is 50.4 cm³/mol. The number of amides is 1. The quantitative estimate of drug-likeness (QED) is 0.661. The Labute approximate surface area is 81.6 Å². The summed E-state index contributed by atoms with van der Waals surface area (Å²) in [4.78, 5) is 18.3. The van der Waals surface area contributed by atoms with Crippen LogP contribution in [0.4, 0.5) is 5.82 Å². The summed E-state index contributed by atoms with van der Waals surface area (Å²) < 4.78 is 0. The highest BCUT2D eigenvalue weighted by atomic mass is 16.3. The van der Waals surface area contributed by atoms with Crippen LogP contribution in [0.3, 0.4) is 0 Å². The van der Waals surface area contributed by atoms with Gasteiger partial charge in [0.15, 0.2) is 6.35 Å². The van der Waals surface area contributed by atoms with E-state index in [1.807, 2.05) is 0 Å². The van der Waals surface area contributed by atoms with Crippen LogP contribution in [0, 0.1) is 0 Å². The fourth-order valence-electron chi connectivity index (χ4n) is 1.44. The van der Waals surface area contributed by atoms with Crippen molar-refractivity contribution in [2.24, 2.45) is 0 Å². The second-order valence-electron chi connectivity index (χ2n) is 3.21. The van der Waals surface area contributed by atoms with Crippen molar-refractivity contribution in [2.45, 2.75) is 6.35 Å². The topological polar surface area (TPSA) is 56.7 Å². The van der Waals surface area contributed by atoms with Crippen LogP contribution in [-0.4, -0.2) is 40.8 Å². The van der Waals surface area contributed by atoms with Crippen LogP contribution >= 0.6 is 0 Å². The van der Waals surface area contributed by atoms with Gasteiger partial charge >= 0.3 is 0 Å². The van der Waals surface area contributed by atoms with Gasteiger partial charge in [-0.15, -0.1) is 0 Å². The summed E-state index contributed by atoms with van der Waals surface area (Å²) in [7, 11) is 1.69. The number of likely N-dealkylation sites (N-methyl/N-ethyl adjacent to an activating group) is 1. The normalized spacial score (nSPS) is 23.1. The van der Waals surface area contributed by atoms with Crippen molar-refractivity contribution < 1.29 is 9.90 Å². The minimum absolute atomic E-state index is 0.140. The van der Waals surface area contributed by atoms with Gasteiger partial charge in [0.05, 0.1) is 6.54 Å². The van der Waals surface area contributed by atoms with E-state index in [0.717, 1.165) is 0 Å². The first-order valence-corrected chi connectivity index (χ1v) is 4.31. The van der Waals surface area contributed by atoms with Gasteiger partial charge in [0.1, 0.15) is 5.82 Å². The highest BCUT2D eigenvalue weighted by molar-refractivity contribution is 5.96. The minimum Gasteiger partial charge on any atom is -0.360 e. The first-order valence-electron chi connectivity index (χ1n) is 4.31. The molecule has 1 aliphatic rings. The molecule has 1 saturated heterocycles. The van der Waals surface area contributed by atoms with E-state index in [4.69, 9.17) is 0 Å². The standard InChI is InChI=1S/C9H11N3O2/c1-11-6-8(13)12(9(11)14)7-4-2-3-5-10-7/h2-5,9,14H,6H2,1H3. The van der Waals surface area contributed by atoms with Gasteiger partial charge < -0.3 is 5.11 Å². The highest BCUT2D eigenvalue weighted by Gasteiger charge is 2.35. The fraction of sp³-hybridized carbons (Fsp3) is 0.333. The van der Waals surface area contributed by atoms with Crippen LogP contribution in [0.15, 0.2) is 24.4 Å². The molecule has 0 aromatic carbocycles. The molecule has 74 valence electrons. The summed E-state index contributed by atoms with van der Waals surface area (Å²) >= 11 is 0. The van der Waals surface area contributed by atoms with E-state index in [1.165, 1.54) is 4.90 Å².